The molecule has 0 spiro atoms. The predicted molar refractivity (Wildman–Crippen MR) is 214 cm³/mol. The van der Waals surface area contributed by atoms with Gasteiger partial charge in [0.25, 0.3) is 11.2 Å². The first kappa shape index (κ1) is 35.2. The van der Waals surface area contributed by atoms with Crippen molar-refractivity contribution in [2.24, 2.45) is 4.99 Å². The zero-order valence-corrected chi connectivity index (χ0v) is 30.9. The van der Waals surface area contributed by atoms with Crippen molar-refractivity contribution < 1.29 is 19.2 Å². The highest BCUT2D eigenvalue weighted by atomic mass is 32.1. The maximum absolute atomic E-state index is 14.9. The minimum atomic E-state index is -0.892. The van der Waals surface area contributed by atoms with Crippen LogP contribution in [0.25, 0.3) is 45.1 Å². The fraction of sp³-hybridized carbons (Fsp3) is 0.114. The number of aromatic nitrogens is 2. The van der Waals surface area contributed by atoms with Crippen molar-refractivity contribution in [2.75, 3.05) is 13.7 Å². The summed E-state index contributed by atoms with van der Waals surface area (Å²) < 4.78 is 15.5. The van der Waals surface area contributed by atoms with Crippen LogP contribution in [-0.4, -0.2) is 33.7 Å². The summed E-state index contributed by atoms with van der Waals surface area (Å²) in [5.74, 6) is -0.0362. The van der Waals surface area contributed by atoms with Gasteiger partial charge in [-0.15, -0.1) is 0 Å². The molecule has 0 radical (unpaired) electrons. The van der Waals surface area contributed by atoms with E-state index in [0.717, 1.165) is 38.9 Å². The molecule has 0 bridgehead atoms. The molecule has 55 heavy (non-hydrogen) atoms. The van der Waals surface area contributed by atoms with E-state index in [1.165, 1.54) is 23.5 Å². The molecule has 272 valence electrons. The van der Waals surface area contributed by atoms with Crippen molar-refractivity contribution in [3.05, 3.63) is 180 Å². The summed E-state index contributed by atoms with van der Waals surface area (Å²) in [6, 6.07) is 38.8. The zero-order valence-electron chi connectivity index (χ0n) is 30.1. The van der Waals surface area contributed by atoms with Gasteiger partial charge in [0.1, 0.15) is 11.8 Å². The van der Waals surface area contributed by atoms with Gasteiger partial charge >= 0.3 is 5.97 Å². The van der Waals surface area contributed by atoms with Gasteiger partial charge in [-0.1, -0.05) is 102 Å². The molecule has 0 N–H and O–H groups in total. The van der Waals surface area contributed by atoms with Crippen LogP contribution < -0.4 is 19.6 Å². The Morgan fingerprint density at radius 3 is 2.25 bits per heavy atom. The first-order valence-electron chi connectivity index (χ1n) is 17.7. The summed E-state index contributed by atoms with van der Waals surface area (Å²) >= 11 is 1.24. The van der Waals surface area contributed by atoms with E-state index in [9.17, 15) is 19.7 Å². The second kappa shape index (κ2) is 14.5. The van der Waals surface area contributed by atoms with E-state index in [1.807, 2.05) is 109 Å². The van der Waals surface area contributed by atoms with Crippen molar-refractivity contribution in [3.63, 3.8) is 0 Å². The molecule has 0 aliphatic carbocycles. The van der Waals surface area contributed by atoms with Crippen LogP contribution >= 0.6 is 11.3 Å². The van der Waals surface area contributed by atoms with Gasteiger partial charge in [0.05, 0.1) is 45.8 Å². The Morgan fingerprint density at radius 2 is 1.58 bits per heavy atom. The van der Waals surface area contributed by atoms with Gasteiger partial charge < -0.3 is 14.0 Å². The van der Waals surface area contributed by atoms with Crippen molar-refractivity contribution in [2.45, 2.75) is 19.9 Å². The zero-order chi connectivity index (χ0) is 38.2. The van der Waals surface area contributed by atoms with Gasteiger partial charge in [-0.25, -0.2) is 9.79 Å². The molecule has 3 heterocycles. The molecular formula is C44H34N4O6S. The molecule has 0 fully saturated rings. The number of allylic oxidation sites excluding steroid dienone is 1. The first-order chi connectivity index (χ1) is 26.8. The number of nitrogens with zero attached hydrogens (tertiary/aromatic N) is 4. The van der Waals surface area contributed by atoms with E-state index in [2.05, 4.69) is 4.57 Å². The van der Waals surface area contributed by atoms with Crippen molar-refractivity contribution in [1.29, 1.82) is 0 Å². The van der Waals surface area contributed by atoms with E-state index < -0.39 is 16.9 Å². The molecule has 11 heteroatoms. The van der Waals surface area contributed by atoms with E-state index in [1.54, 1.807) is 37.7 Å². The molecule has 0 unspecified atom stereocenters. The van der Waals surface area contributed by atoms with Gasteiger partial charge in [0.15, 0.2) is 4.80 Å². The molecule has 1 atom stereocenters. The van der Waals surface area contributed by atoms with Crippen LogP contribution in [0.4, 0.5) is 5.69 Å². The Bertz CT molecular complexity index is 2840. The number of ether oxygens (including phenoxy) is 2. The summed E-state index contributed by atoms with van der Waals surface area (Å²) in [7, 11) is 1.57. The number of benzene rings is 5. The standard InChI is InChI=1S/C44H34N4O6S/c1-4-54-43(50)38-27(2)45-44-47(41(38)39-34-18-12-11-13-28(34)19-24-36(39)53-3)42(49)37(55-44)26-31-25-35(29-14-7-5-8-15-29)46(40(31)30-16-9-6-10-17-30)32-20-22-33(23-21-32)48(51)52/h5-26,41H,4H2,1-3H3/b37-26-/t41-/m0/s1. The lowest BCUT2D eigenvalue weighted by molar-refractivity contribution is -0.384. The number of hydrogen-bond donors (Lipinski definition) is 0. The maximum Gasteiger partial charge on any atom is 0.338 e. The molecule has 0 saturated heterocycles. The Hall–Kier alpha value is -6.85. The van der Waals surface area contributed by atoms with Gasteiger partial charge in [-0.05, 0) is 66.1 Å². The number of nitro benzene ring substituents is 1. The maximum atomic E-state index is 14.9. The van der Waals surface area contributed by atoms with E-state index in [4.69, 9.17) is 14.5 Å². The molecule has 2 aromatic heterocycles. The summed E-state index contributed by atoms with van der Waals surface area (Å²) in [6.45, 7) is 3.66. The molecule has 0 amide bonds. The number of methoxy groups -OCH3 is 1. The largest absolute Gasteiger partial charge is 0.496 e. The Morgan fingerprint density at radius 1 is 0.909 bits per heavy atom. The summed E-state index contributed by atoms with van der Waals surface area (Å²) in [5, 5.41) is 13.3. The van der Waals surface area contributed by atoms with Crippen LogP contribution in [0.1, 0.15) is 31.0 Å². The van der Waals surface area contributed by atoms with Gasteiger partial charge in [-0.2, -0.15) is 0 Å². The van der Waals surface area contributed by atoms with Gasteiger partial charge in [-0.3, -0.25) is 19.5 Å². The quantitative estimate of drug-likeness (QED) is 0.0840. The van der Waals surface area contributed by atoms with Crippen LogP contribution in [0.3, 0.4) is 0 Å². The van der Waals surface area contributed by atoms with Crippen LogP contribution in [0.15, 0.2) is 148 Å². The number of esters is 1. The number of thiazole rings is 1. The predicted octanol–water partition coefficient (Wildman–Crippen LogP) is 7.99. The summed E-state index contributed by atoms with van der Waals surface area (Å²) in [6.07, 6.45) is 1.86. The third kappa shape index (κ3) is 6.24. The van der Waals surface area contributed by atoms with E-state index in [-0.39, 0.29) is 23.4 Å². The van der Waals surface area contributed by atoms with Gasteiger partial charge in [0.2, 0.25) is 0 Å². The highest BCUT2D eigenvalue weighted by Gasteiger charge is 2.36. The van der Waals surface area contributed by atoms with Crippen molar-refractivity contribution in [1.82, 2.24) is 9.13 Å². The average Bonchev–Trinajstić information content (AvgIpc) is 3.74. The minimum Gasteiger partial charge on any atom is -0.496 e. The topological polar surface area (TPSA) is 118 Å². The number of hydrogen-bond acceptors (Lipinski definition) is 8. The third-order valence-electron chi connectivity index (χ3n) is 9.69. The van der Waals surface area contributed by atoms with Crippen LogP contribution in [0.5, 0.6) is 5.75 Å². The Labute approximate surface area is 319 Å². The third-order valence-corrected chi connectivity index (χ3v) is 10.7. The first-order valence-corrected chi connectivity index (χ1v) is 18.5. The van der Waals surface area contributed by atoms with Crippen LogP contribution in [-0.2, 0) is 9.53 Å². The normalized spacial score (nSPS) is 14.1. The summed E-state index contributed by atoms with van der Waals surface area (Å²) in [5.41, 5.74) is 5.88. The number of nitro groups is 1. The molecule has 10 nitrogen and oxygen atoms in total. The SMILES string of the molecule is CCOC(=O)C1=C(C)N=c2s/c(=C\c3cc(-c4ccccc4)n(-c4ccc([N+](=O)[O-])cc4)c3-c3ccccc3)c(=O)n2[C@@H]1c1c(OC)ccc2ccccc12. The molecular weight excluding hydrogens is 713 g/mol. The number of carbonyl (C=O) groups excluding carboxylic acids is 1. The lowest BCUT2D eigenvalue weighted by Gasteiger charge is -2.27. The highest BCUT2D eigenvalue weighted by molar-refractivity contribution is 7.07. The van der Waals surface area contributed by atoms with Gasteiger partial charge in [0, 0.05) is 28.9 Å². The van der Waals surface area contributed by atoms with Crippen LogP contribution in [0.2, 0.25) is 0 Å². The summed E-state index contributed by atoms with van der Waals surface area (Å²) in [4.78, 5) is 45.2. The smallest absolute Gasteiger partial charge is 0.338 e. The number of non-ortho nitro benzene ring substituents is 1. The lowest BCUT2D eigenvalue weighted by atomic mass is 9.90. The highest BCUT2D eigenvalue weighted by Crippen LogP contribution is 2.41. The van der Waals surface area contributed by atoms with Crippen LogP contribution in [0, 0.1) is 10.1 Å². The molecule has 1 aliphatic rings. The Balaban J connectivity index is 1.43. The fourth-order valence-corrected chi connectivity index (χ4v) is 8.32. The molecule has 8 rings (SSSR count). The van der Waals surface area contributed by atoms with E-state index in [0.29, 0.717) is 32.0 Å². The lowest BCUT2D eigenvalue weighted by Crippen LogP contribution is -2.40. The second-order valence-electron chi connectivity index (χ2n) is 12.9. The monoisotopic (exact) mass is 746 g/mol. The van der Waals surface area contributed by atoms with Crippen molar-refractivity contribution >= 4 is 39.8 Å². The Kier molecular flexibility index (Phi) is 9.29. The molecule has 0 saturated carbocycles. The second-order valence-corrected chi connectivity index (χ2v) is 13.9. The number of carbonyl (C=O) groups is 1. The number of fused-ring (bicyclic) bond motifs is 2. The molecule has 1 aliphatic heterocycles. The molecule has 7 aromatic rings. The average molecular weight is 747 g/mol. The fourth-order valence-electron chi connectivity index (χ4n) is 7.29. The minimum absolute atomic E-state index is 0.0189. The van der Waals surface area contributed by atoms with Crippen molar-refractivity contribution in [3.8, 4) is 34.0 Å². The number of rotatable bonds is 9. The van der Waals surface area contributed by atoms with E-state index >= 15 is 0 Å². The molecule has 5 aromatic carbocycles.